The summed E-state index contributed by atoms with van der Waals surface area (Å²) in [6.07, 6.45) is 0. The van der Waals surface area contributed by atoms with E-state index in [9.17, 15) is 13.6 Å². The highest BCUT2D eigenvalue weighted by molar-refractivity contribution is 5.89. The van der Waals surface area contributed by atoms with Gasteiger partial charge in [-0.25, -0.2) is 13.6 Å². The predicted octanol–water partition coefficient (Wildman–Crippen LogP) is 2.10. The molecule has 2 unspecified atom stereocenters. The van der Waals surface area contributed by atoms with Crippen molar-refractivity contribution in [3.05, 3.63) is 29.8 Å². The summed E-state index contributed by atoms with van der Waals surface area (Å²) < 4.78 is 25.6. The van der Waals surface area contributed by atoms with Gasteiger partial charge < -0.3 is 15.7 Å². The Balaban J connectivity index is 2.57. The van der Waals surface area contributed by atoms with Crippen LogP contribution >= 0.6 is 0 Å². The van der Waals surface area contributed by atoms with Gasteiger partial charge in [0.1, 0.15) is 0 Å². The maximum absolute atomic E-state index is 12.9. The molecule has 0 aliphatic heterocycles. The number of urea groups is 1. The Bertz CT molecular complexity index is 427. The van der Waals surface area contributed by atoms with Crippen molar-refractivity contribution in [1.29, 1.82) is 0 Å². The van der Waals surface area contributed by atoms with Crippen LogP contribution in [0.1, 0.15) is 13.8 Å². The van der Waals surface area contributed by atoms with E-state index in [0.717, 1.165) is 12.1 Å². The van der Waals surface area contributed by atoms with E-state index in [1.54, 1.807) is 13.8 Å². The third-order valence-corrected chi connectivity index (χ3v) is 2.68. The number of aliphatic hydroxyl groups is 1. The Morgan fingerprint density at radius 3 is 2.56 bits per heavy atom. The molecule has 0 aromatic heterocycles. The van der Waals surface area contributed by atoms with Crippen LogP contribution in [0.2, 0.25) is 0 Å². The number of aliphatic hydroxyl groups excluding tert-OH is 1. The topological polar surface area (TPSA) is 61.4 Å². The van der Waals surface area contributed by atoms with Crippen LogP contribution in [-0.2, 0) is 0 Å². The fourth-order valence-corrected chi connectivity index (χ4v) is 1.25. The molecular formula is C12H16F2N2O2. The Hall–Kier alpha value is -1.69. The molecule has 0 saturated heterocycles. The van der Waals surface area contributed by atoms with Gasteiger partial charge in [-0.15, -0.1) is 0 Å². The monoisotopic (exact) mass is 258 g/mol. The predicted molar refractivity (Wildman–Crippen MR) is 64.2 cm³/mol. The van der Waals surface area contributed by atoms with Gasteiger partial charge in [0.15, 0.2) is 11.6 Å². The second kappa shape index (κ2) is 6.30. The number of halogens is 2. The quantitative estimate of drug-likeness (QED) is 0.774. The Morgan fingerprint density at radius 1 is 1.33 bits per heavy atom. The molecule has 2 amide bonds. The third-order valence-electron chi connectivity index (χ3n) is 2.68. The van der Waals surface area contributed by atoms with E-state index in [4.69, 9.17) is 5.11 Å². The molecule has 1 aromatic carbocycles. The van der Waals surface area contributed by atoms with Gasteiger partial charge >= 0.3 is 6.03 Å². The number of amides is 2. The number of nitrogens with one attached hydrogen (secondary N) is 2. The minimum atomic E-state index is -1.02. The molecule has 0 aliphatic carbocycles. The Kier molecular flexibility index (Phi) is 5.03. The van der Waals surface area contributed by atoms with E-state index in [-0.39, 0.29) is 24.3 Å². The standard InChI is InChI=1S/C12H16F2N2O2/c1-7(6-17)8(2)15-12(18)16-9-3-4-10(13)11(14)5-9/h3-5,7-8,17H,6H2,1-2H3,(H2,15,16,18). The van der Waals surface area contributed by atoms with Gasteiger partial charge in [-0.3, -0.25) is 0 Å². The van der Waals surface area contributed by atoms with Crippen LogP contribution in [-0.4, -0.2) is 23.8 Å². The van der Waals surface area contributed by atoms with Crippen LogP contribution in [0.4, 0.5) is 19.3 Å². The molecule has 100 valence electrons. The lowest BCUT2D eigenvalue weighted by Crippen LogP contribution is -2.40. The SMILES string of the molecule is CC(CO)C(C)NC(=O)Nc1ccc(F)c(F)c1. The summed E-state index contributed by atoms with van der Waals surface area (Å²) in [4.78, 5) is 11.5. The largest absolute Gasteiger partial charge is 0.396 e. The molecule has 1 aromatic rings. The zero-order valence-corrected chi connectivity index (χ0v) is 10.2. The van der Waals surface area contributed by atoms with Crippen molar-refractivity contribution < 1.29 is 18.7 Å². The van der Waals surface area contributed by atoms with E-state index in [1.807, 2.05) is 0 Å². The van der Waals surface area contributed by atoms with Crippen molar-refractivity contribution in [3.63, 3.8) is 0 Å². The fourth-order valence-electron chi connectivity index (χ4n) is 1.25. The molecule has 6 heteroatoms. The van der Waals surface area contributed by atoms with E-state index < -0.39 is 17.7 Å². The summed E-state index contributed by atoms with van der Waals surface area (Å²) in [6, 6.07) is 2.33. The van der Waals surface area contributed by atoms with Gasteiger partial charge in [-0.05, 0) is 25.0 Å². The van der Waals surface area contributed by atoms with Crippen LogP contribution < -0.4 is 10.6 Å². The highest BCUT2D eigenvalue weighted by Crippen LogP contribution is 2.13. The fraction of sp³-hybridized carbons (Fsp3) is 0.417. The average molecular weight is 258 g/mol. The summed E-state index contributed by atoms with van der Waals surface area (Å²) in [7, 11) is 0. The first-order chi connectivity index (χ1) is 8.43. The maximum Gasteiger partial charge on any atom is 0.319 e. The van der Waals surface area contributed by atoms with Crippen molar-refractivity contribution in [2.24, 2.45) is 5.92 Å². The van der Waals surface area contributed by atoms with Gasteiger partial charge in [0, 0.05) is 24.4 Å². The highest BCUT2D eigenvalue weighted by Gasteiger charge is 2.14. The number of rotatable bonds is 4. The lowest BCUT2D eigenvalue weighted by atomic mass is 10.1. The summed E-state index contributed by atoms with van der Waals surface area (Å²) in [6.45, 7) is 3.47. The van der Waals surface area contributed by atoms with Crippen molar-refractivity contribution >= 4 is 11.7 Å². The molecule has 4 nitrogen and oxygen atoms in total. The number of benzene rings is 1. The molecule has 0 aliphatic rings. The second-order valence-corrected chi connectivity index (χ2v) is 4.18. The summed E-state index contributed by atoms with van der Waals surface area (Å²) in [5, 5.41) is 13.9. The normalized spacial score (nSPS) is 13.8. The molecule has 3 N–H and O–H groups in total. The molecule has 0 heterocycles. The number of anilines is 1. The van der Waals surface area contributed by atoms with Gasteiger partial charge in [-0.1, -0.05) is 6.92 Å². The lowest BCUT2D eigenvalue weighted by Gasteiger charge is -2.19. The molecule has 0 spiro atoms. The second-order valence-electron chi connectivity index (χ2n) is 4.18. The molecule has 1 rings (SSSR count). The Labute approximate surface area is 104 Å². The summed E-state index contributed by atoms with van der Waals surface area (Å²) in [5.74, 6) is -2.09. The number of hydrogen-bond donors (Lipinski definition) is 3. The van der Waals surface area contributed by atoms with E-state index in [1.165, 1.54) is 6.07 Å². The molecule has 0 bridgehead atoms. The minimum Gasteiger partial charge on any atom is -0.396 e. The molecule has 2 atom stereocenters. The van der Waals surface area contributed by atoms with Crippen LogP contribution in [0.15, 0.2) is 18.2 Å². The first kappa shape index (κ1) is 14.4. The van der Waals surface area contributed by atoms with Gasteiger partial charge in [0.05, 0.1) is 0 Å². The molecule has 18 heavy (non-hydrogen) atoms. The smallest absolute Gasteiger partial charge is 0.319 e. The zero-order chi connectivity index (χ0) is 13.7. The van der Waals surface area contributed by atoms with E-state index >= 15 is 0 Å². The van der Waals surface area contributed by atoms with E-state index in [0.29, 0.717) is 0 Å². The van der Waals surface area contributed by atoms with Crippen LogP contribution in [0.3, 0.4) is 0 Å². The zero-order valence-electron chi connectivity index (χ0n) is 10.2. The first-order valence-electron chi connectivity index (χ1n) is 5.57. The Morgan fingerprint density at radius 2 is 2.00 bits per heavy atom. The van der Waals surface area contributed by atoms with E-state index in [2.05, 4.69) is 10.6 Å². The third kappa shape index (κ3) is 3.96. The number of hydrogen-bond acceptors (Lipinski definition) is 2. The van der Waals surface area contributed by atoms with Crippen molar-refractivity contribution in [2.45, 2.75) is 19.9 Å². The van der Waals surface area contributed by atoms with Gasteiger partial charge in [0.2, 0.25) is 0 Å². The van der Waals surface area contributed by atoms with Crippen LogP contribution in [0.25, 0.3) is 0 Å². The molecule has 0 fully saturated rings. The summed E-state index contributed by atoms with van der Waals surface area (Å²) >= 11 is 0. The average Bonchev–Trinajstić information content (AvgIpc) is 2.32. The van der Waals surface area contributed by atoms with Gasteiger partial charge in [-0.2, -0.15) is 0 Å². The minimum absolute atomic E-state index is 0.0490. The summed E-state index contributed by atoms with van der Waals surface area (Å²) in [5.41, 5.74) is 0.162. The van der Waals surface area contributed by atoms with Gasteiger partial charge in [0.25, 0.3) is 0 Å². The number of carbonyl (C=O) groups excluding carboxylic acids is 1. The molecular weight excluding hydrogens is 242 g/mol. The maximum atomic E-state index is 12.9. The van der Waals surface area contributed by atoms with Crippen molar-refractivity contribution in [3.8, 4) is 0 Å². The van der Waals surface area contributed by atoms with Crippen LogP contribution in [0.5, 0.6) is 0 Å². The molecule has 0 saturated carbocycles. The first-order valence-corrected chi connectivity index (χ1v) is 5.57. The lowest BCUT2D eigenvalue weighted by molar-refractivity contribution is 0.204. The van der Waals surface area contributed by atoms with Crippen LogP contribution in [0, 0.1) is 17.6 Å². The molecule has 0 radical (unpaired) electrons. The number of carbonyl (C=O) groups is 1. The highest BCUT2D eigenvalue weighted by atomic mass is 19.2. The van der Waals surface area contributed by atoms with Crippen molar-refractivity contribution in [2.75, 3.05) is 11.9 Å². The van der Waals surface area contributed by atoms with Crippen molar-refractivity contribution in [1.82, 2.24) is 5.32 Å².